The van der Waals surface area contributed by atoms with Crippen molar-refractivity contribution < 1.29 is 9.47 Å². The van der Waals surface area contributed by atoms with Crippen LogP contribution in [0.5, 0.6) is 5.75 Å². The Bertz CT molecular complexity index is 439. The molecule has 0 saturated carbocycles. The maximum Gasteiger partial charge on any atom is 0.136 e. The van der Waals surface area contributed by atoms with Gasteiger partial charge in [0.15, 0.2) is 0 Å². The number of methoxy groups -OCH3 is 1. The van der Waals surface area contributed by atoms with Gasteiger partial charge in [0, 0.05) is 19.8 Å². The molecule has 0 heterocycles. The zero-order valence-electron chi connectivity index (χ0n) is 12.6. The lowest BCUT2D eigenvalue weighted by atomic mass is 10.1. The van der Waals surface area contributed by atoms with Crippen molar-refractivity contribution in [1.29, 1.82) is 5.26 Å². The fraction of sp³-hybridized carbons (Fsp3) is 0.562. The standard InChI is InChI=1S/C16H24N2O2/c1-13(2)12-20-8-4-7-18-11-14-5-6-15(10-17)16(9-14)19-3/h5-6,9,13,18H,4,7-8,11-12H2,1-3H3. The van der Waals surface area contributed by atoms with Crippen LogP contribution in [0, 0.1) is 17.2 Å². The first-order valence-electron chi connectivity index (χ1n) is 7.02. The molecule has 0 saturated heterocycles. The fourth-order valence-electron chi connectivity index (χ4n) is 1.79. The number of ether oxygens (including phenoxy) is 2. The van der Waals surface area contributed by atoms with Crippen LogP contribution in [0.1, 0.15) is 31.4 Å². The Hall–Kier alpha value is -1.57. The van der Waals surface area contributed by atoms with Crippen LogP contribution < -0.4 is 10.1 Å². The second kappa shape index (κ2) is 9.35. The molecule has 0 aliphatic carbocycles. The van der Waals surface area contributed by atoms with Crippen LogP contribution in [-0.4, -0.2) is 26.9 Å². The molecule has 0 atom stereocenters. The molecule has 4 heteroatoms. The smallest absolute Gasteiger partial charge is 0.136 e. The second-order valence-corrected chi connectivity index (χ2v) is 5.15. The number of hydrogen-bond donors (Lipinski definition) is 1. The average Bonchev–Trinajstić information content (AvgIpc) is 2.45. The molecule has 4 nitrogen and oxygen atoms in total. The molecule has 1 aromatic rings. The molecule has 0 unspecified atom stereocenters. The van der Waals surface area contributed by atoms with Crippen LogP contribution in [0.2, 0.25) is 0 Å². The van der Waals surface area contributed by atoms with Crippen LogP contribution in [0.25, 0.3) is 0 Å². The highest BCUT2D eigenvalue weighted by Crippen LogP contribution is 2.18. The first-order chi connectivity index (χ1) is 9.67. The zero-order valence-corrected chi connectivity index (χ0v) is 12.6. The first kappa shape index (κ1) is 16.5. The molecule has 0 aromatic heterocycles. The van der Waals surface area contributed by atoms with Crippen molar-refractivity contribution in [1.82, 2.24) is 5.32 Å². The summed E-state index contributed by atoms with van der Waals surface area (Å²) in [5.74, 6) is 1.22. The Balaban J connectivity index is 2.24. The van der Waals surface area contributed by atoms with Gasteiger partial charge in [0.1, 0.15) is 11.8 Å². The molecule has 0 fully saturated rings. The van der Waals surface area contributed by atoms with E-state index in [1.54, 1.807) is 13.2 Å². The van der Waals surface area contributed by atoms with Gasteiger partial charge in [-0.25, -0.2) is 0 Å². The monoisotopic (exact) mass is 276 g/mol. The van der Waals surface area contributed by atoms with Gasteiger partial charge in [-0.2, -0.15) is 5.26 Å². The number of nitrogens with one attached hydrogen (secondary N) is 1. The maximum atomic E-state index is 8.92. The van der Waals surface area contributed by atoms with Crippen LogP contribution >= 0.6 is 0 Å². The lowest BCUT2D eigenvalue weighted by Gasteiger charge is -2.09. The minimum atomic E-state index is 0.568. The van der Waals surface area contributed by atoms with Crippen LogP contribution in [0.15, 0.2) is 18.2 Å². The molecule has 0 spiro atoms. The van der Waals surface area contributed by atoms with Gasteiger partial charge in [0.2, 0.25) is 0 Å². The van der Waals surface area contributed by atoms with Gasteiger partial charge in [0.25, 0.3) is 0 Å². The Labute approximate surface area is 121 Å². The van der Waals surface area contributed by atoms with Gasteiger partial charge < -0.3 is 14.8 Å². The van der Waals surface area contributed by atoms with E-state index in [0.717, 1.165) is 38.3 Å². The van der Waals surface area contributed by atoms with E-state index < -0.39 is 0 Å². The maximum absolute atomic E-state index is 8.92. The van der Waals surface area contributed by atoms with Gasteiger partial charge >= 0.3 is 0 Å². The molecule has 20 heavy (non-hydrogen) atoms. The molecule has 0 aliphatic rings. The van der Waals surface area contributed by atoms with Crippen molar-refractivity contribution in [2.24, 2.45) is 5.92 Å². The number of hydrogen-bond acceptors (Lipinski definition) is 4. The van der Waals surface area contributed by atoms with Crippen LogP contribution in [-0.2, 0) is 11.3 Å². The summed E-state index contributed by atoms with van der Waals surface area (Å²) in [5, 5.41) is 12.3. The van der Waals surface area contributed by atoms with Crippen molar-refractivity contribution in [3.05, 3.63) is 29.3 Å². The van der Waals surface area contributed by atoms with E-state index in [0.29, 0.717) is 17.2 Å². The normalized spacial score (nSPS) is 10.6. The molecule has 0 aliphatic heterocycles. The van der Waals surface area contributed by atoms with E-state index >= 15 is 0 Å². The summed E-state index contributed by atoms with van der Waals surface area (Å²) in [6, 6.07) is 7.76. The molecule has 0 radical (unpaired) electrons. The van der Waals surface area contributed by atoms with Gasteiger partial charge in [0.05, 0.1) is 12.7 Å². The van der Waals surface area contributed by atoms with E-state index in [2.05, 4.69) is 25.2 Å². The van der Waals surface area contributed by atoms with Crippen molar-refractivity contribution in [2.75, 3.05) is 26.9 Å². The minimum Gasteiger partial charge on any atom is -0.495 e. The largest absolute Gasteiger partial charge is 0.495 e. The predicted octanol–water partition coefficient (Wildman–Crippen LogP) is 2.72. The Morgan fingerprint density at radius 3 is 2.80 bits per heavy atom. The zero-order chi connectivity index (χ0) is 14.8. The average molecular weight is 276 g/mol. The van der Waals surface area contributed by atoms with E-state index in [1.807, 2.05) is 12.1 Å². The van der Waals surface area contributed by atoms with Gasteiger partial charge in [-0.1, -0.05) is 19.9 Å². The van der Waals surface area contributed by atoms with Gasteiger partial charge in [-0.15, -0.1) is 0 Å². The third kappa shape index (κ3) is 6.05. The highest BCUT2D eigenvalue weighted by Gasteiger charge is 2.03. The molecule has 1 rings (SSSR count). The molecular weight excluding hydrogens is 252 g/mol. The summed E-state index contributed by atoms with van der Waals surface area (Å²) in [6.07, 6.45) is 1.00. The second-order valence-electron chi connectivity index (χ2n) is 5.15. The third-order valence-corrected chi connectivity index (χ3v) is 2.81. The summed E-state index contributed by atoms with van der Waals surface area (Å²) in [7, 11) is 1.58. The highest BCUT2D eigenvalue weighted by molar-refractivity contribution is 5.45. The first-order valence-corrected chi connectivity index (χ1v) is 7.02. The SMILES string of the molecule is COc1cc(CNCCCOCC(C)C)ccc1C#N. The quantitative estimate of drug-likeness (QED) is 0.705. The highest BCUT2D eigenvalue weighted by atomic mass is 16.5. The fourth-order valence-corrected chi connectivity index (χ4v) is 1.79. The topological polar surface area (TPSA) is 54.3 Å². The molecule has 1 aromatic carbocycles. The summed E-state index contributed by atoms with van der Waals surface area (Å²) in [5.41, 5.74) is 1.68. The van der Waals surface area contributed by atoms with Gasteiger partial charge in [-0.3, -0.25) is 0 Å². The van der Waals surface area contributed by atoms with E-state index in [1.165, 1.54) is 0 Å². The van der Waals surface area contributed by atoms with E-state index in [4.69, 9.17) is 14.7 Å². The lowest BCUT2D eigenvalue weighted by Crippen LogP contribution is -2.17. The minimum absolute atomic E-state index is 0.568. The van der Waals surface area contributed by atoms with Crippen LogP contribution in [0.4, 0.5) is 0 Å². The Kier molecular flexibility index (Phi) is 7.71. The van der Waals surface area contributed by atoms with Crippen LogP contribution in [0.3, 0.4) is 0 Å². The van der Waals surface area contributed by atoms with Crippen molar-refractivity contribution >= 4 is 0 Å². The summed E-state index contributed by atoms with van der Waals surface area (Å²) in [6.45, 7) is 7.61. The number of nitrogens with zero attached hydrogens (tertiary/aromatic N) is 1. The lowest BCUT2D eigenvalue weighted by molar-refractivity contribution is 0.108. The number of benzene rings is 1. The number of rotatable bonds is 9. The molecule has 110 valence electrons. The molecular formula is C16H24N2O2. The van der Waals surface area contributed by atoms with Crippen molar-refractivity contribution in [3.63, 3.8) is 0 Å². The molecule has 0 bridgehead atoms. The summed E-state index contributed by atoms with van der Waals surface area (Å²) >= 11 is 0. The van der Waals surface area contributed by atoms with E-state index in [-0.39, 0.29) is 0 Å². The Morgan fingerprint density at radius 1 is 1.35 bits per heavy atom. The molecule has 1 N–H and O–H groups in total. The Morgan fingerprint density at radius 2 is 2.15 bits per heavy atom. The third-order valence-electron chi connectivity index (χ3n) is 2.81. The van der Waals surface area contributed by atoms with Crippen molar-refractivity contribution in [3.8, 4) is 11.8 Å². The van der Waals surface area contributed by atoms with Crippen molar-refractivity contribution in [2.45, 2.75) is 26.8 Å². The van der Waals surface area contributed by atoms with E-state index in [9.17, 15) is 0 Å². The molecule has 0 amide bonds. The predicted molar refractivity (Wildman–Crippen MR) is 79.7 cm³/mol. The number of nitriles is 1. The summed E-state index contributed by atoms with van der Waals surface area (Å²) < 4.78 is 10.7. The van der Waals surface area contributed by atoms with Gasteiger partial charge in [-0.05, 0) is 36.6 Å². The summed E-state index contributed by atoms with van der Waals surface area (Å²) in [4.78, 5) is 0.